The molecule has 2 aliphatic carbocycles. The Morgan fingerprint density at radius 1 is 1.24 bits per heavy atom. The summed E-state index contributed by atoms with van der Waals surface area (Å²) in [6.07, 6.45) is 7.36. The van der Waals surface area contributed by atoms with Crippen molar-refractivity contribution in [2.75, 3.05) is 6.61 Å². The highest BCUT2D eigenvalue weighted by atomic mass is 16.5. The Hall–Kier alpha value is -0.610. The van der Waals surface area contributed by atoms with Crippen LogP contribution in [0.1, 0.15) is 65.7 Å². The van der Waals surface area contributed by atoms with Crippen LogP contribution in [0.2, 0.25) is 0 Å². The van der Waals surface area contributed by atoms with Gasteiger partial charge >= 0.3 is 0 Å². The van der Waals surface area contributed by atoms with Crippen LogP contribution in [0, 0.1) is 11.3 Å². The van der Waals surface area contributed by atoms with Crippen LogP contribution in [0.3, 0.4) is 0 Å². The van der Waals surface area contributed by atoms with E-state index in [1.165, 1.54) is 0 Å². The molecule has 0 radical (unpaired) electrons. The standard InChI is InChI=1S/C17H32N2O2/c1-4-17(5-2)14(11-15(17)21-6-3)19-16(20)12-8-7-9-13(18)10-12/h12-15H,4-11,18H2,1-3H3,(H,19,20). The van der Waals surface area contributed by atoms with Gasteiger partial charge in [-0.3, -0.25) is 4.79 Å². The van der Waals surface area contributed by atoms with E-state index in [0.29, 0.717) is 6.10 Å². The molecule has 4 unspecified atom stereocenters. The predicted octanol–water partition coefficient (Wildman–Crippen LogP) is 2.60. The van der Waals surface area contributed by atoms with E-state index in [4.69, 9.17) is 10.5 Å². The molecule has 0 aliphatic heterocycles. The number of nitrogens with two attached hydrogens (primary N) is 1. The van der Waals surface area contributed by atoms with E-state index in [-0.39, 0.29) is 29.3 Å². The normalized spacial score (nSPS) is 35.0. The first kappa shape index (κ1) is 16.8. The van der Waals surface area contributed by atoms with Crippen molar-refractivity contribution < 1.29 is 9.53 Å². The summed E-state index contributed by atoms with van der Waals surface area (Å²) in [4.78, 5) is 12.5. The van der Waals surface area contributed by atoms with Crippen LogP contribution in [0.15, 0.2) is 0 Å². The first-order chi connectivity index (χ1) is 10.1. The van der Waals surface area contributed by atoms with Gasteiger partial charge in [0.05, 0.1) is 6.10 Å². The number of carbonyl (C=O) groups is 1. The monoisotopic (exact) mass is 296 g/mol. The summed E-state index contributed by atoms with van der Waals surface area (Å²) in [5.74, 6) is 0.336. The maximum Gasteiger partial charge on any atom is 0.223 e. The van der Waals surface area contributed by atoms with Gasteiger partial charge in [0.25, 0.3) is 0 Å². The van der Waals surface area contributed by atoms with Gasteiger partial charge in [-0.25, -0.2) is 0 Å². The van der Waals surface area contributed by atoms with Crippen LogP contribution >= 0.6 is 0 Å². The number of rotatable bonds is 6. The molecule has 0 bridgehead atoms. The molecule has 0 aromatic rings. The number of nitrogens with one attached hydrogen (secondary N) is 1. The van der Waals surface area contributed by atoms with Gasteiger partial charge in [0.2, 0.25) is 5.91 Å². The van der Waals surface area contributed by atoms with E-state index in [1.807, 2.05) is 6.92 Å². The second-order valence-corrected chi connectivity index (χ2v) is 6.80. The maximum atomic E-state index is 12.5. The SMILES string of the molecule is CCOC1CC(NC(=O)C2CCCC(N)C2)C1(CC)CC. The van der Waals surface area contributed by atoms with E-state index < -0.39 is 0 Å². The van der Waals surface area contributed by atoms with Gasteiger partial charge in [0.15, 0.2) is 0 Å². The zero-order valence-corrected chi connectivity index (χ0v) is 13.9. The van der Waals surface area contributed by atoms with Gasteiger partial charge in [0.1, 0.15) is 0 Å². The molecule has 21 heavy (non-hydrogen) atoms. The fourth-order valence-corrected chi connectivity index (χ4v) is 4.34. The summed E-state index contributed by atoms with van der Waals surface area (Å²) in [7, 11) is 0. The van der Waals surface area contributed by atoms with Crippen molar-refractivity contribution in [1.29, 1.82) is 0 Å². The summed E-state index contributed by atoms with van der Waals surface area (Å²) in [6.45, 7) is 7.23. The van der Waals surface area contributed by atoms with Crippen molar-refractivity contribution >= 4 is 5.91 Å². The minimum Gasteiger partial charge on any atom is -0.378 e. The van der Waals surface area contributed by atoms with Crippen LogP contribution in [0.25, 0.3) is 0 Å². The molecule has 0 spiro atoms. The molecule has 122 valence electrons. The molecular weight excluding hydrogens is 264 g/mol. The van der Waals surface area contributed by atoms with Crippen molar-refractivity contribution in [1.82, 2.24) is 5.32 Å². The van der Waals surface area contributed by atoms with Gasteiger partial charge in [-0.05, 0) is 45.4 Å². The van der Waals surface area contributed by atoms with Crippen LogP contribution in [0.5, 0.6) is 0 Å². The van der Waals surface area contributed by atoms with Crippen molar-refractivity contribution in [3.05, 3.63) is 0 Å². The number of amides is 1. The number of carbonyl (C=O) groups excluding carboxylic acids is 1. The molecule has 2 saturated carbocycles. The Morgan fingerprint density at radius 2 is 1.95 bits per heavy atom. The zero-order valence-electron chi connectivity index (χ0n) is 13.9. The highest BCUT2D eigenvalue weighted by molar-refractivity contribution is 5.79. The molecular formula is C17H32N2O2. The topological polar surface area (TPSA) is 64.3 Å². The molecule has 0 aromatic carbocycles. The third kappa shape index (κ3) is 3.26. The smallest absolute Gasteiger partial charge is 0.223 e. The second kappa shape index (κ2) is 7.10. The van der Waals surface area contributed by atoms with Gasteiger partial charge in [-0.15, -0.1) is 0 Å². The van der Waals surface area contributed by atoms with E-state index in [2.05, 4.69) is 19.2 Å². The predicted molar refractivity (Wildman–Crippen MR) is 84.9 cm³/mol. The average molecular weight is 296 g/mol. The molecule has 0 aromatic heterocycles. The van der Waals surface area contributed by atoms with Gasteiger partial charge in [0, 0.05) is 30.0 Å². The van der Waals surface area contributed by atoms with Crippen LogP contribution < -0.4 is 11.1 Å². The molecule has 4 nitrogen and oxygen atoms in total. The first-order valence-corrected chi connectivity index (χ1v) is 8.74. The lowest BCUT2D eigenvalue weighted by molar-refractivity contribution is -0.151. The summed E-state index contributed by atoms with van der Waals surface area (Å²) in [5.41, 5.74) is 6.13. The molecule has 0 saturated heterocycles. The largest absolute Gasteiger partial charge is 0.378 e. The fourth-order valence-electron chi connectivity index (χ4n) is 4.34. The lowest BCUT2D eigenvalue weighted by atomic mass is 9.58. The van der Waals surface area contributed by atoms with Crippen LogP contribution in [-0.4, -0.2) is 30.7 Å². The van der Waals surface area contributed by atoms with Crippen molar-refractivity contribution in [3.8, 4) is 0 Å². The third-order valence-corrected chi connectivity index (χ3v) is 5.87. The number of hydrogen-bond acceptors (Lipinski definition) is 3. The lowest BCUT2D eigenvalue weighted by Crippen LogP contribution is -2.65. The van der Waals surface area contributed by atoms with E-state index in [9.17, 15) is 4.79 Å². The molecule has 4 atom stereocenters. The molecule has 3 N–H and O–H groups in total. The Balaban J connectivity index is 1.94. The third-order valence-electron chi connectivity index (χ3n) is 5.87. The average Bonchev–Trinajstić information content (AvgIpc) is 2.47. The first-order valence-electron chi connectivity index (χ1n) is 8.74. The number of hydrogen-bond donors (Lipinski definition) is 2. The summed E-state index contributed by atoms with van der Waals surface area (Å²) in [6, 6.07) is 0.476. The minimum absolute atomic E-state index is 0.117. The fraction of sp³-hybridized carbons (Fsp3) is 0.941. The maximum absolute atomic E-state index is 12.5. The van der Waals surface area contributed by atoms with E-state index in [1.54, 1.807) is 0 Å². The molecule has 2 fully saturated rings. The van der Waals surface area contributed by atoms with Gasteiger partial charge < -0.3 is 15.8 Å². The van der Waals surface area contributed by atoms with E-state index in [0.717, 1.165) is 51.6 Å². The molecule has 1 amide bonds. The molecule has 0 heterocycles. The van der Waals surface area contributed by atoms with Gasteiger partial charge in [-0.1, -0.05) is 20.3 Å². The molecule has 2 rings (SSSR count). The molecule has 2 aliphatic rings. The summed E-state index contributed by atoms with van der Waals surface area (Å²) >= 11 is 0. The Kier molecular flexibility index (Phi) is 5.67. The van der Waals surface area contributed by atoms with Crippen molar-refractivity contribution in [3.63, 3.8) is 0 Å². The summed E-state index contributed by atoms with van der Waals surface area (Å²) < 4.78 is 5.88. The van der Waals surface area contributed by atoms with Gasteiger partial charge in [-0.2, -0.15) is 0 Å². The molecule has 4 heteroatoms. The highest BCUT2D eigenvalue weighted by Crippen LogP contribution is 2.49. The van der Waals surface area contributed by atoms with E-state index >= 15 is 0 Å². The zero-order chi connectivity index (χ0) is 15.5. The Bertz CT molecular complexity index is 355. The Labute approximate surface area is 129 Å². The highest BCUT2D eigenvalue weighted by Gasteiger charge is 2.54. The van der Waals surface area contributed by atoms with Crippen molar-refractivity contribution in [2.24, 2.45) is 17.1 Å². The van der Waals surface area contributed by atoms with Crippen LogP contribution in [-0.2, 0) is 9.53 Å². The van der Waals surface area contributed by atoms with Crippen molar-refractivity contribution in [2.45, 2.75) is 83.9 Å². The van der Waals surface area contributed by atoms with Crippen LogP contribution in [0.4, 0.5) is 0 Å². The second-order valence-electron chi connectivity index (χ2n) is 6.80. The lowest BCUT2D eigenvalue weighted by Gasteiger charge is -2.55. The minimum atomic E-state index is 0.117. The Morgan fingerprint density at radius 3 is 2.52 bits per heavy atom. The summed E-state index contributed by atoms with van der Waals surface area (Å²) in [5, 5.41) is 3.31. The number of ether oxygens (including phenoxy) is 1. The quantitative estimate of drug-likeness (QED) is 0.792.